The molecule has 1 aliphatic carbocycles. The number of rotatable bonds is 10. The highest BCUT2D eigenvalue weighted by molar-refractivity contribution is 5.89. The summed E-state index contributed by atoms with van der Waals surface area (Å²) >= 11 is 0. The molecule has 0 saturated carbocycles. The summed E-state index contributed by atoms with van der Waals surface area (Å²) < 4.78 is 31.1. The number of amides is 2. The van der Waals surface area contributed by atoms with Crippen LogP contribution in [0.3, 0.4) is 0 Å². The minimum absolute atomic E-state index is 0.186. The Labute approximate surface area is 334 Å². The van der Waals surface area contributed by atoms with Gasteiger partial charge in [0.25, 0.3) is 0 Å². The maximum absolute atomic E-state index is 15.2. The fourth-order valence-corrected chi connectivity index (χ4v) is 8.58. The first-order valence-corrected chi connectivity index (χ1v) is 20.6. The summed E-state index contributed by atoms with van der Waals surface area (Å²) in [6.45, 7) is 12.1. The smallest absolute Gasteiger partial charge is 0.320 e. The number of likely N-dealkylation sites (tertiary alicyclic amines) is 1. The molecule has 2 N–H and O–H groups in total. The van der Waals surface area contributed by atoms with Crippen LogP contribution in [0.25, 0.3) is 11.3 Å². The van der Waals surface area contributed by atoms with Crippen LogP contribution >= 0.6 is 0 Å². The molecule has 0 bridgehead atoms. The highest BCUT2D eigenvalue weighted by Gasteiger charge is 2.31. The van der Waals surface area contributed by atoms with Crippen LogP contribution in [0.5, 0.6) is 5.75 Å². The molecule has 0 spiro atoms. The number of anilines is 2. The number of methoxy groups -OCH3 is 1. The first-order valence-electron chi connectivity index (χ1n) is 20.6. The molecule has 3 atom stereocenters. The van der Waals surface area contributed by atoms with E-state index in [1.807, 2.05) is 47.0 Å². The Morgan fingerprint density at radius 3 is 2.51 bits per heavy atom. The van der Waals surface area contributed by atoms with Crippen molar-refractivity contribution < 1.29 is 18.7 Å². The molecule has 5 aromatic rings. The fraction of sp³-hybridized carbons (Fsp3) is 0.500. The number of fused-ring (bicyclic) bond motifs is 2. The lowest BCUT2D eigenvalue weighted by molar-refractivity contribution is 0.0414. The molecular weight excluding hydrogens is 722 g/mol. The number of halogens is 1. The van der Waals surface area contributed by atoms with Crippen molar-refractivity contribution in [1.82, 2.24) is 34.6 Å². The molecule has 2 aromatic carbocycles. The summed E-state index contributed by atoms with van der Waals surface area (Å²) in [5.41, 5.74) is 4.72. The maximum Gasteiger partial charge on any atom is 0.320 e. The molecule has 13 heteroatoms. The van der Waals surface area contributed by atoms with E-state index < -0.39 is 0 Å². The average Bonchev–Trinajstić information content (AvgIpc) is 3.83. The second-order valence-corrected chi connectivity index (χ2v) is 17.0. The van der Waals surface area contributed by atoms with Crippen LogP contribution in [-0.2, 0) is 16.6 Å². The molecule has 2 aliphatic heterocycles. The fourth-order valence-electron chi connectivity index (χ4n) is 8.58. The van der Waals surface area contributed by atoms with Crippen molar-refractivity contribution in [3.05, 3.63) is 95.1 Å². The SMILES string of the molecule is COC1CCN(CCc2cc(-n3nc(C(C)(C)C)cc3NC(=O)N[C@H]3CC[C@@H](Oc4ccc5nnc(N6CCCCC6C)n5c4)c4ccccc43)ccc2F)CC1. The number of pyridine rings is 1. The summed E-state index contributed by atoms with van der Waals surface area (Å²) in [5, 5.41) is 20.2. The van der Waals surface area contributed by atoms with Crippen LogP contribution in [-0.4, -0.2) is 80.7 Å². The van der Waals surface area contributed by atoms with Gasteiger partial charge < -0.3 is 24.6 Å². The summed E-state index contributed by atoms with van der Waals surface area (Å²) in [5.74, 6) is 1.88. The Balaban J connectivity index is 0.970. The second kappa shape index (κ2) is 16.5. The molecule has 3 aromatic heterocycles. The van der Waals surface area contributed by atoms with Crippen LogP contribution in [0.1, 0.15) is 107 Å². The van der Waals surface area contributed by atoms with Gasteiger partial charge in [0, 0.05) is 50.8 Å². The molecule has 2 amide bonds. The van der Waals surface area contributed by atoms with Crippen molar-refractivity contribution in [2.45, 2.75) is 109 Å². The molecule has 3 aliphatic rings. The zero-order valence-electron chi connectivity index (χ0n) is 33.9. The van der Waals surface area contributed by atoms with Crippen molar-refractivity contribution in [3.8, 4) is 11.4 Å². The predicted octanol–water partition coefficient (Wildman–Crippen LogP) is 8.16. The molecule has 5 heterocycles. The monoisotopic (exact) mass is 777 g/mol. The standard InChI is InChI=1S/C44H56FN9O3/c1-29-10-8-9-22-52(29)43-49-48-40-18-14-33(28-53(40)43)57-38-17-16-37(34-11-6-7-12-35(34)38)46-42(55)47-41-27-39(44(2,3)4)50-54(41)31-13-15-36(45)30(26-31)19-23-51-24-20-32(56-5)21-25-51/h6-7,11-15,18,26-29,32,37-38H,8-10,16-17,19-25H2,1-5H3,(H2,46,47,55)/t29?,37-,38+/m0/s1. The number of benzene rings is 2. The van der Waals surface area contributed by atoms with Crippen molar-refractivity contribution in [2.24, 2.45) is 0 Å². The van der Waals surface area contributed by atoms with Crippen LogP contribution in [0, 0.1) is 5.82 Å². The van der Waals surface area contributed by atoms with E-state index in [0.717, 1.165) is 86.0 Å². The molecule has 12 nitrogen and oxygen atoms in total. The highest BCUT2D eigenvalue weighted by atomic mass is 19.1. The van der Waals surface area contributed by atoms with E-state index in [1.165, 1.54) is 12.5 Å². The van der Waals surface area contributed by atoms with Gasteiger partial charge in [-0.05, 0) is 105 Å². The number of piperidine rings is 2. The number of aromatic nitrogens is 5. The van der Waals surface area contributed by atoms with Crippen LogP contribution in [0.15, 0.2) is 66.9 Å². The largest absolute Gasteiger partial charge is 0.484 e. The van der Waals surface area contributed by atoms with Crippen molar-refractivity contribution >= 4 is 23.4 Å². The Morgan fingerprint density at radius 2 is 1.74 bits per heavy atom. The molecule has 57 heavy (non-hydrogen) atoms. The van der Waals surface area contributed by atoms with Crippen molar-refractivity contribution in [1.29, 1.82) is 0 Å². The lowest BCUT2D eigenvalue weighted by atomic mass is 9.85. The lowest BCUT2D eigenvalue weighted by Crippen LogP contribution is -2.38. The van der Waals surface area contributed by atoms with Crippen LogP contribution in [0.4, 0.5) is 21.0 Å². The van der Waals surface area contributed by atoms with Gasteiger partial charge in [-0.15, -0.1) is 10.2 Å². The van der Waals surface area contributed by atoms with Gasteiger partial charge in [-0.1, -0.05) is 45.0 Å². The molecule has 302 valence electrons. The maximum atomic E-state index is 15.2. The number of carbonyl (C=O) groups excluding carboxylic acids is 1. The first-order chi connectivity index (χ1) is 27.5. The van der Waals surface area contributed by atoms with E-state index in [4.69, 9.17) is 14.6 Å². The third-order valence-electron chi connectivity index (χ3n) is 12.0. The molecule has 2 fully saturated rings. The van der Waals surface area contributed by atoms with Gasteiger partial charge in [0.2, 0.25) is 5.95 Å². The van der Waals surface area contributed by atoms with Gasteiger partial charge in [-0.25, -0.2) is 13.9 Å². The van der Waals surface area contributed by atoms with E-state index in [-0.39, 0.29) is 29.4 Å². The summed E-state index contributed by atoms with van der Waals surface area (Å²) in [4.78, 5) is 18.6. The van der Waals surface area contributed by atoms with Crippen LogP contribution < -0.4 is 20.3 Å². The number of hydrogen-bond acceptors (Lipinski definition) is 8. The number of ether oxygens (including phenoxy) is 2. The van der Waals surface area contributed by atoms with E-state index in [0.29, 0.717) is 48.5 Å². The van der Waals surface area contributed by atoms with Crippen LogP contribution in [0.2, 0.25) is 0 Å². The molecule has 0 radical (unpaired) electrons. The third-order valence-corrected chi connectivity index (χ3v) is 12.0. The van der Waals surface area contributed by atoms with Gasteiger partial charge in [-0.3, -0.25) is 9.72 Å². The quantitative estimate of drug-likeness (QED) is 0.146. The van der Waals surface area contributed by atoms with Gasteiger partial charge in [-0.2, -0.15) is 5.10 Å². The minimum Gasteiger partial charge on any atom is -0.484 e. The Kier molecular flexibility index (Phi) is 11.2. The summed E-state index contributed by atoms with van der Waals surface area (Å²) in [6.07, 6.45) is 9.59. The van der Waals surface area contributed by atoms with Gasteiger partial charge in [0.15, 0.2) is 5.65 Å². The van der Waals surface area contributed by atoms with E-state index in [1.54, 1.807) is 17.9 Å². The topological polar surface area (TPSA) is 114 Å². The number of urea groups is 1. The van der Waals surface area contributed by atoms with E-state index >= 15 is 4.39 Å². The number of nitrogens with one attached hydrogen (secondary N) is 2. The zero-order valence-corrected chi connectivity index (χ0v) is 33.9. The molecule has 1 unspecified atom stereocenters. The van der Waals surface area contributed by atoms with Gasteiger partial charge in [0.1, 0.15) is 23.5 Å². The predicted molar refractivity (Wildman–Crippen MR) is 220 cm³/mol. The van der Waals surface area contributed by atoms with Crippen molar-refractivity contribution in [3.63, 3.8) is 0 Å². The molecule has 2 saturated heterocycles. The van der Waals surface area contributed by atoms with E-state index in [2.05, 4.69) is 70.5 Å². The Bertz CT molecular complexity index is 2190. The summed E-state index contributed by atoms with van der Waals surface area (Å²) in [6, 6.07) is 18.9. The average molecular weight is 778 g/mol. The van der Waals surface area contributed by atoms with Gasteiger partial charge in [0.05, 0.1) is 29.7 Å². The number of carbonyl (C=O) groups is 1. The number of hydrogen-bond donors (Lipinski definition) is 2. The number of nitrogens with zero attached hydrogens (tertiary/aromatic N) is 7. The van der Waals surface area contributed by atoms with Crippen molar-refractivity contribution in [2.75, 3.05) is 43.5 Å². The minimum atomic E-state index is -0.338. The van der Waals surface area contributed by atoms with Gasteiger partial charge >= 0.3 is 6.03 Å². The molecule has 8 rings (SSSR count). The second-order valence-electron chi connectivity index (χ2n) is 17.0. The Morgan fingerprint density at radius 1 is 0.930 bits per heavy atom. The Hall–Kier alpha value is -5.01. The summed E-state index contributed by atoms with van der Waals surface area (Å²) in [7, 11) is 1.77. The third kappa shape index (κ3) is 8.50. The van der Waals surface area contributed by atoms with E-state index in [9.17, 15) is 4.79 Å². The first kappa shape index (κ1) is 38.8. The lowest BCUT2D eigenvalue weighted by Gasteiger charge is -2.33. The molecular formula is C44H56FN9O3. The zero-order chi connectivity index (χ0) is 39.7. The normalized spacial score (nSPS) is 20.7. The highest BCUT2D eigenvalue weighted by Crippen LogP contribution is 2.39.